The number of likely N-dealkylation sites (tertiary alicyclic amines) is 1. The minimum atomic E-state index is -0.641. The van der Waals surface area contributed by atoms with Crippen molar-refractivity contribution in [2.45, 2.75) is 24.9 Å². The second kappa shape index (κ2) is 8.20. The number of piperidine rings is 1. The van der Waals surface area contributed by atoms with Gasteiger partial charge in [-0.1, -0.05) is 0 Å². The molecular formula is C19H23FN8O2. The van der Waals surface area contributed by atoms with Crippen LogP contribution in [-0.2, 0) is 12.1 Å². The molecule has 3 aromatic rings. The summed E-state index contributed by atoms with van der Waals surface area (Å²) >= 11 is 0. The Kier molecular flexibility index (Phi) is 5.46. The summed E-state index contributed by atoms with van der Waals surface area (Å²) in [5, 5.41) is 7.51. The Balaban J connectivity index is 1.55. The third-order valence-electron chi connectivity index (χ3n) is 5.49. The molecule has 0 bridgehead atoms. The van der Waals surface area contributed by atoms with Gasteiger partial charge in [-0.2, -0.15) is 9.49 Å². The number of amides is 1. The fourth-order valence-corrected chi connectivity index (χ4v) is 3.71. The standard InChI is InChI=1S/C19H23FN8O2/c20-16-7-13(1-4-23-16)25-18-15(17(22)29)9-28(26-18)19(11-21)2-5-27(6-3-19)8-14-10-30-12-24-14/h1,4,7,9-10,12H,2-3,5-6,8,11,21H2,(H2,22,29)(H,23,25,26). The largest absolute Gasteiger partial charge is 0.451 e. The van der Waals surface area contributed by atoms with Crippen LogP contribution in [-0.4, -0.2) is 50.2 Å². The molecule has 1 saturated heterocycles. The first-order valence-electron chi connectivity index (χ1n) is 9.57. The fraction of sp³-hybridized carbons (Fsp3) is 0.368. The number of hydrogen-bond donors (Lipinski definition) is 3. The first kappa shape index (κ1) is 20.0. The van der Waals surface area contributed by atoms with Gasteiger partial charge in [-0.05, 0) is 18.9 Å². The van der Waals surface area contributed by atoms with Crippen molar-refractivity contribution in [3.05, 3.63) is 54.4 Å². The predicted octanol–water partition coefficient (Wildman–Crippen LogP) is 1.20. The third-order valence-corrected chi connectivity index (χ3v) is 5.49. The van der Waals surface area contributed by atoms with E-state index in [0.29, 0.717) is 18.8 Å². The number of nitrogens with two attached hydrogens (primary N) is 2. The number of primary amides is 1. The lowest BCUT2D eigenvalue weighted by atomic mass is 9.87. The molecule has 4 rings (SSSR count). The van der Waals surface area contributed by atoms with Gasteiger partial charge in [0.05, 0.1) is 11.2 Å². The molecule has 3 aromatic heterocycles. The van der Waals surface area contributed by atoms with Crippen LogP contribution in [0, 0.1) is 5.95 Å². The van der Waals surface area contributed by atoms with Crippen LogP contribution >= 0.6 is 0 Å². The maximum absolute atomic E-state index is 13.4. The van der Waals surface area contributed by atoms with Gasteiger partial charge in [0.15, 0.2) is 12.2 Å². The second-order valence-electron chi connectivity index (χ2n) is 7.38. The van der Waals surface area contributed by atoms with Crippen molar-refractivity contribution < 1.29 is 13.6 Å². The van der Waals surface area contributed by atoms with Crippen LogP contribution in [0.2, 0.25) is 0 Å². The number of nitrogens with zero attached hydrogens (tertiary/aromatic N) is 5. The lowest BCUT2D eigenvalue weighted by Gasteiger charge is -2.41. The highest BCUT2D eigenvalue weighted by Crippen LogP contribution is 2.32. The first-order valence-corrected chi connectivity index (χ1v) is 9.57. The maximum Gasteiger partial charge on any atom is 0.254 e. The summed E-state index contributed by atoms with van der Waals surface area (Å²) in [4.78, 5) is 21.9. The number of hydrogen-bond acceptors (Lipinski definition) is 8. The SMILES string of the molecule is NCC1(n2cc(C(N)=O)c(Nc3ccnc(F)c3)n2)CCN(Cc2cocn2)CC1. The summed E-state index contributed by atoms with van der Waals surface area (Å²) in [5.74, 6) is -1.02. The van der Waals surface area contributed by atoms with Gasteiger partial charge in [0, 0.05) is 50.3 Å². The molecule has 5 N–H and O–H groups in total. The van der Waals surface area contributed by atoms with Crippen molar-refractivity contribution in [3.8, 4) is 0 Å². The quantitative estimate of drug-likeness (QED) is 0.490. The number of aromatic nitrogens is 4. The van der Waals surface area contributed by atoms with Crippen LogP contribution in [0.3, 0.4) is 0 Å². The van der Waals surface area contributed by atoms with Crippen LogP contribution in [0.1, 0.15) is 28.9 Å². The van der Waals surface area contributed by atoms with E-state index in [1.54, 1.807) is 23.2 Å². The first-order chi connectivity index (χ1) is 14.5. The smallest absolute Gasteiger partial charge is 0.254 e. The average molecular weight is 414 g/mol. The molecule has 0 saturated carbocycles. The van der Waals surface area contributed by atoms with Crippen LogP contribution in [0.25, 0.3) is 0 Å². The highest BCUT2D eigenvalue weighted by Gasteiger charge is 2.37. The van der Waals surface area contributed by atoms with Crippen molar-refractivity contribution in [2.24, 2.45) is 11.5 Å². The molecule has 0 radical (unpaired) electrons. The van der Waals surface area contributed by atoms with Gasteiger partial charge in [0.1, 0.15) is 11.8 Å². The van der Waals surface area contributed by atoms with Crippen molar-refractivity contribution in [1.82, 2.24) is 24.6 Å². The van der Waals surface area contributed by atoms with Gasteiger partial charge < -0.3 is 21.2 Å². The summed E-state index contributed by atoms with van der Waals surface area (Å²) < 4.78 is 20.2. The number of pyridine rings is 1. The van der Waals surface area contributed by atoms with Gasteiger partial charge in [0.2, 0.25) is 5.95 Å². The molecular weight excluding hydrogens is 391 g/mol. The van der Waals surface area contributed by atoms with Gasteiger partial charge in [-0.3, -0.25) is 14.4 Å². The third kappa shape index (κ3) is 4.02. The van der Waals surface area contributed by atoms with Crippen LogP contribution in [0.15, 0.2) is 41.6 Å². The normalized spacial score (nSPS) is 16.5. The zero-order valence-corrected chi connectivity index (χ0v) is 16.3. The Bertz CT molecular complexity index is 1010. The minimum Gasteiger partial charge on any atom is -0.451 e. The number of carbonyl (C=O) groups excluding carboxylic acids is 1. The predicted molar refractivity (Wildman–Crippen MR) is 106 cm³/mol. The maximum atomic E-state index is 13.4. The van der Waals surface area contributed by atoms with Crippen LogP contribution < -0.4 is 16.8 Å². The molecule has 1 aliphatic rings. The zero-order valence-electron chi connectivity index (χ0n) is 16.3. The molecule has 30 heavy (non-hydrogen) atoms. The molecule has 0 aromatic carbocycles. The molecule has 0 spiro atoms. The molecule has 158 valence electrons. The zero-order chi connectivity index (χ0) is 21.1. The van der Waals surface area contributed by atoms with Gasteiger partial charge in [-0.15, -0.1) is 0 Å². The molecule has 1 aliphatic heterocycles. The Morgan fingerprint density at radius 3 is 2.77 bits per heavy atom. The Morgan fingerprint density at radius 1 is 1.33 bits per heavy atom. The van der Waals surface area contributed by atoms with Crippen molar-refractivity contribution >= 4 is 17.4 Å². The molecule has 0 aliphatic carbocycles. The fourth-order valence-electron chi connectivity index (χ4n) is 3.71. The lowest BCUT2D eigenvalue weighted by molar-refractivity contribution is 0.0980. The number of carbonyl (C=O) groups is 1. The summed E-state index contributed by atoms with van der Waals surface area (Å²) in [6.07, 6.45) is 7.47. The Labute approximate surface area is 172 Å². The summed E-state index contributed by atoms with van der Waals surface area (Å²) in [6, 6.07) is 2.79. The topological polar surface area (TPSA) is 141 Å². The molecule has 1 amide bonds. The van der Waals surface area contributed by atoms with Gasteiger partial charge in [0.25, 0.3) is 5.91 Å². The monoisotopic (exact) mass is 414 g/mol. The number of nitrogens with one attached hydrogen (secondary N) is 1. The molecule has 0 unspecified atom stereocenters. The van der Waals surface area contributed by atoms with E-state index in [-0.39, 0.29) is 11.4 Å². The van der Waals surface area contributed by atoms with Crippen molar-refractivity contribution in [1.29, 1.82) is 0 Å². The Hall–Kier alpha value is -3.31. The van der Waals surface area contributed by atoms with E-state index >= 15 is 0 Å². The van der Waals surface area contributed by atoms with E-state index in [4.69, 9.17) is 15.9 Å². The molecule has 10 nitrogen and oxygen atoms in total. The van der Waals surface area contributed by atoms with E-state index in [0.717, 1.165) is 31.6 Å². The van der Waals surface area contributed by atoms with Gasteiger partial charge in [-0.25, -0.2) is 9.97 Å². The van der Waals surface area contributed by atoms with E-state index in [1.807, 2.05) is 0 Å². The highest BCUT2D eigenvalue weighted by atomic mass is 19.1. The molecule has 0 atom stereocenters. The minimum absolute atomic E-state index is 0.213. The van der Waals surface area contributed by atoms with E-state index < -0.39 is 17.4 Å². The number of rotatable bonds is 7. The van der Waals surface area contributed by atoms with Crippen molar-refractivity contribution in [2.75, 3.05) is 25.0 Å². The number of anilines is 2. The van der Waals surface area contributed by atoms with Crippen LogP contribution in [0.4, 0.5) is 15.9 Å². The number of halogens is 1. The summed E-state index contributed by atoms with van der Waals surface area (Å²) in [5.41, 5.74) is 12.8. The lowest BCUT2D eigenvalue weighted by Crippen LogP contribution is -2.50. The average Bonchev–Trinajstić information content (AvgIpc) is 3.39. The van der Waals surface area contributed by atoms with E-state index in [1.165, 1.54) is 18.7 Å². The summed E-state index contributed by atoms with van der Waals surface area (Å²) in [6.45, 7) is 2.62. The van der Waals surface area contributed by atoms with E-state index in [9.17, 15) is 9.18 Å². The number of oxazole rings is 1. The summed E-state index contributed by atoms with van der Waals surface area (Å²) in [7, 11) is 0. The van der Waals surface area contributed by atoms with Gasteiger partial charge >= 0.3 is 0 Å². The van der Waals surface area contributed by atoms with Crippen LogP contribution in [0.5, 0.6) is 0 Å². The Morgan fingerprint density at radius 2 is 2.13 bits per heavy atom. The highest BCUT2D eigenvalue weighted by molar-refractivity contribution is 5.98. The molecule has 11 heteroatoms. The second-order valence-corrected chi connectivity index (χ2v) is 7.38. The molecule has 1 fully saturated rings. The van der Waals surface area contributed by atoms with Crippen molar-refractivity contribution in [3.63, 3.8) is 0 Å². The van der Waals surface area contributed by atoms with E-state index in [2.05, 4.69) is 25.3 Å². The molecule has 4 heterocycles.